The molecule has 0 spiro atoms. The number of nitrogens with one attached hydrogen (secondary N) is 1. The Morgan fingerprint density at radius 1 is 1.47 bits per heavy atom. The first-order valence-corrected chi connectivity index (χ1v) is 5.20. The molecule has 0 aliphatic carbocycles. The van der Waals surface area contributed by atoms with Crippen molar-refractivity contribution in [2.45, 2.75) is 26.2 Å². The van der Waals surface area contributed by atoms with Crippen LogP contribution in [0.3, 0.4) is 0 Å². The summed E-state index contributed by atoms with van der Waals surface area (Å²) in [6, 6.07) is 7.94. The Morgan fingerprint density at radius 2 is 2.07 bits per heavy atom. The van der Waals surface area contributed by atoms with E-state index in [-0.39, 0.29) is 5.91 Å². The van der Waals surface area contributed by atoms with E-state index in [9.17, 15) is 4.79 Å². The van der Waals surface area contributed by atoms with E-state index in [1.54, 1.807) is 0 Å². The normalized spacial score (nSPS) is 11.9. The van der Waals surface area contributed by atoms with Crippen LogP contribution >= 0.6 is 0 Å². The first-order valence-electron chi connectivity index (χ1n) is 5.20. The summed E-state index contributed by atoms with van der Waals surface area (Å²) in [5.41, 5.74) is 2.11. The smallest absolute Gasteiger partial charge is 0.247 e. The van der Waals surface area contributed by atoms with Gasteiger partial charge in [0.1, 0.15) is 0 Å². The molecule has 0 radical (unpaired) electrons. The van der Waals surface area contributed by atoms with E-state index in [2.05, 4.69) is 25.7 Å². The van der Waals surface area contributed by atoms with Crippen molar-refractivity contribution >= 4 is 11.6 Å². The lowest BCUT2D eigenvalue weighted by Crippen LogP contribution is -2.07. The largest absolute Gasteiger partial charge is 0.323 e. The first-order chi connectivity index (χ1) is 7.17. The molecule has 15 heavy (non-hydrogen) atoms. The van der Waals surface area contributed by atoms with E-state index in [4.69, 9.17) is 0 Å². The minimum Gasteiger partial charge on any atom is -0.323 e. The number of hydrogen-bond donors (Lipinski definition) is 1. The average molecular weight is 203 g/mol. The molecule has 0 saturated heterocycles. The van der Waals surface area contributed by atoms with Crippen molar-refractivity contribution in [3.8, 4) is 0 Å². The lowest BCUT2D eigenvalue weighted by molar-refractivity contribution is -0.111. The van der Waals surface area contributed by atoms with Crippen molar-refractivity contribution in [3.05, 3.63) is 42.5 Å². The van der Waals surface area contributed by atoms with Gasteiger partial charge in [0.2, 0.25) is 5.91 Å². The minimum absolute atomic E-state index is 0.175. The molecule has 0 bridgehead atoms. The van der Waals surface area contributed by atoms with Crippen molar-refractivity contribution in [2.24, 2.45) is 0 Å². The molecule has 1 N–H and O–H groups in total. The molecule has 2 nitrogen and oxygen atoms in total. The summed E-state index contributed by atoms with van der Waals surface area (Å²) < 4.78 is 0. The zero-order valence-electron chi connectivity index (χ0n) is 9.29. The lowest BCUT2D eigenvalue weighted by Gasteiger charge is -2.09. The van der Waals surface area contributed by atoms with Gasteiger partial charge in [-0.3, -0.25) is 4.79 Å². The number of carbonyl (C=O) groups excluding carboxylic acids is 1. The maximum absolute atomic E-state index is 11.0. The third-order valence-corrected chi connectivity index (χ3v) is 2.55. The summed E-state index contributed by atoms with van der Waals surface area (Å²) in [6.45, 7) is 7.76. The van der Waals surface area contributed by atoms with E-state index in [0.717, 1.165) is 12.1 Å². The predicted molar refractivity (Wildman–Crippen MR) is 64.0 cm³/mol. The fourth-order valence-electron chi connectivity index (χ4n) is 1.32. The summed E-state index contributed by atoms with van der Waals surface area (Å²) in [6.07, 6.45) is 2.39. The second kappa shape index (κ2) is 5.35. The molecule has 1 amide bonds. The molecule has 0 aliphatic heterocycles. The molecule has 1 atom stereocenters. The highest BCUT2D eigenvalue weighted by atomic mass is 16.1. The van der Waals surface area contributed by atoms with E-state index < -0.39 is 0 Å². The molecule has 0 aliphatic rings. The van der Waals surface area contributed by atoms with Crippen molar-refractivity contribution in [1.29, 1.82) is 0 Å². The van der Waals surface area contributed by atoms with E-state index >= 15 is 0 Å². The van der Waals surface area contributed by atoms with Crippen LogP contribution in [0.4, 0.5) is 5.69 Å². The van der Waals surface area contributed by atoms with Crippen molar-refractivity contribution in [2.75, 3.05) is 5.32 Å². The van der Waals surface area contributed by atoms with Gasteiger partial charge in [0.05, 0.1) is 0 Å². The van der Waals surface area contributed by atoms with Crippen LogP contribution in [-0.4, -0.2) is 5.91 Å². The fraction of sp³-hybridized carbons (Fsp3) is 0.308. The fourth-order valence-corrected chi connectivity index (χ4v) is 1.32. The Hall–Kier alpha value is -1.57. The summed E-state index contributed by atoms with van der Waals surface area (Å²) in [4.78, 5) is 11.0. The first kappa shape index (κ1) is 11.5. The van der Waals surface area contributed by atoms with Crippen molar-refractivity contribution in [3.63, 3.8) is 0 Å². The summed E-state index contributed by atoms with van der Waals surface area (Å²) in [7, 11) is 0. The van der Waals surface area contributed by atoms with E-state index in [1.165, 1.54) is 11.6 Å². The Labute approximate surface area is 91.0 Å². The average Bonchev–Trinajstić information content (AvgIpc) is 2.29. The molecule has 1 unspecified atom stereocenters. The maximum atomic E-state index is 11.0. The van der Waals surface area contributed by atoms with Gasteiger partial charge in [-0.05, 0) is 36.1 Å². The van der Waals surface area contributed by atoms with Gasteiger partial charge in [-0.1, -0.05) is 32.6 Å². The minimum atomic E-state index is -0.175. The quantitative estimate of drug-likeness (QED) is 0.747. The van der Waals surface area contributed by atoms with Crippen molar-refractivity contribution < 1.29 is 4.79 Å². The van der Waals surface area contributed by atoms with Gasteiger partial charge >= 0.3 is 0 Å². The Balaban J connectivity index is 2.72. The third-order valence-electron chi connectivity index (χ3n) is 2.55. The SMILES string of the molecule is C=CC(=O)Nc1ccc(C(C)CC)cc1. The Kier molecular flexibility index (Phi) is 4.10. The highest BCUT2D eigenvalue weighted by Gasteiger charge is 2.02. The number of rotatable bonds is 4. The summed E-state index contributed by atoms with van der Waals surface area (Å²) in [5, 5.41) is 2.72. The molecule has 1 aromatic rings. The summed E-state index contributed by atoms with van der Waals surface area (Å²) in [5.74, 6) is 0.389. The summed E-state index contributed by atoms with van der Waals surface area (Å²) >= 11 is 0. The van der Waals surface area contributed by atoms with Gasteiger partial charge in [-0.25, -0.2) is 0 Å². The van der Waals surface area contributed by atoms with Gasteiger partial charge in [0.15, 0.2) is 0 Å². The van der Waals surface area contributed by atoms with Crippen LogP contribution in [0.15, 0.2) is 36.9 Å². The van der Waals surface area contributed by atoms with Crippen LogP contribution in [0, 0.1) is 0 Å². The second-order valence-electron chi connectivity index (χ2n) is 3.62. The molecular weight excluding hydrogens is 186 g/mol. The number of amides is 1. The van der Waals surface area contributed by atoms with Crippen LogP contribution in [0.5, 0.6) is 0 Å². The highest BCUT2D eigenvalue weighted by Crippen LogP contribution is 2.20. The standard InChI is InChI=1S/C13H17NO/c1-4-10(3)11-6-8-12(9-7-11)14-13(15)5-2/h5-10H,2,4H2,1,3H3,(H,14,15). The maximum Gasteiger partial charge on any atom is 0.247 e. The monoisotopic (exact) mass is 203 g/mol. The molecule has 0 aromatic heterocycles. The number of anilines is 1. The lowest BCUT2D eigenvalue weighted by atomic mass is 9.99. The molecule has 0 fully saturated rings. The Bertz CT molecular complexity index is 340. The molecule has 2 heteroatoms. The van der Waals surface area contributed by atoms with Gasteiger partial charge in [0.25, 0.3) is 0 Å². The molecular formula is C13H17NO. The van der Waals surface area contributed by atoms with Gasteiger partial charge < -0.3 is 5.32 Å². The van der Waals surface area contributed by atoms with Gasteiger partial charge in [-0.15, -0.1) is 0 Å². The van der Waals surface area contributed by atoms with Crippen LogP contribution in [0.2, 0.25) is 0 Å². The Morgan fingerprint density at radius 3 is 2.53 bits per heavy atom. The van der Waals surface area contributed by atoms with Gasteiger partial charge in [0, 0.05) is 5.69 Å². The molecule has 1 aromatic carbocycles. The molecule has 0 saturated carbocycles. The predicted octanol–water partition coefficient (Wildman–Crippen LogP) is 3.32. The van der Waals surface area contributed by atoms with Crippen LogP contribution in [-0.2, 0) is 4.79 Å². The second-order valence-corrected chi connectivity index (χ2v) is 3.62. The zero-order chi connectivity index (χ0) is 11.3. The highest BCUT2D eigenvalue weighted by molar-refractivity contribution is 5.98. The number of carbonyl (C=O) groups is 1. The van der Waals surface area contributed by atoms with E-state index in [1.807, 2.05) is 24.3 Å². The number of benzene rings is 1. The van der Waals surface area contributed by atoms with Crippen molar-refractivity contribution in [1.82, 2.24) is 0 Å². The van der Waals surface area contributed by atoms with Gasteiger partial charge in [-0.2, -0.15) is 0 Å². The van der Waals surface area contributed by atoms with Crippen LogP contribution in [0.1, 0.15) is 31.7 Å². The van der Waals surface area contributed by atoms with E-state index in [0.29, 0.717) is 5.92 Å². The molecule has 1 rings (SSSR count). The topological polar surface area (TPSA) is 29.1 Å². The van der Waals surface area contributed by atoms with Crippen LogP contribution < -0.4 is 5.32 Å². The third kappa shape index (κ3) is 3.24. The molecule has 80 valence electrons. The zero-order valence-corrected chi connectivity index (χ0v) is 9.29. The number of hydrogen-bond acceptors (Lipinski definition) is 1. The molecule has 0 heterocycles. The van der Waals surface area contributed by atoms with Crippen LogP contribution in [0.25, 0.3) is 0 Å².